The van der Waals surface area contributed by atoms with Crippen molar-refractivity contribution >= 4 is 0 Å². The van der Waals surface area contributed by atoms with Crippen LogP contribution in [0.4, 0.5) is 0 Å². The van der Waals surface area contributed by atoms with Gasteiger partial charge in [0, 0.05) is 42.6 Å². The van der Waals surface area contributed by atoms with Crippen molar-refractivity contribution in [2.24, 2.45) is 0 Å². The van der Waals surface area contributed by atoms with Crippen molar-refractivity contribution < 1.29 is 4.74 Å². The van der Waals surface area contributed by atoms with Gasteiger partial charge in [0.15, 0.2) is 0 Å². The van der Waals surface area contributed by atoms with Crippen molar-refractivity contribution in [1.82, 2.24) is 20.2 Å². The maximum atomic E-state index is 5.69. The van der Waals surface area contributed by atoms with Crippen molar-refractivity contribution in [2.75, 3.05) is 19.7 Å². The molecule has 1 aromatic rings. The number of ether oxygens (including phenoxy) is 1. The first kappa shape index (κ1) is 17.9. The fourth-order valence-electron chi connectivity index (χ4n) is 2.33. The molecule has 0 spiro atoms. The van der Waals surface area contributed by atoms with Gasteiger partial charge >= 0.3 is 6.01 Å². The Labute approximate surface area is 129 Å². The summed E-state index contributed by atoms with van der Waals surface area (Å²) in [5.74, 6) is 0. The second-order valence-electron chi connectivity index (χ2n) is 5.82. The highest BCUT2D eigenvalue weighted by Crippen LogP contribution is 2.09. The van der Waals surface area contributed by atoms with E-state index < -0.39 is 0 Å². The van der Waals surface area contributed by atoms with Crippen molar-refractivity contribution in [1.29, 1.82) is 0 Å². The molecule has 0 aliphatic rings. The van der Waals surface area contributed by atoms with E-state index >= 15 is 0 Å². The van der Waals surface area contributed by atoms with Gasteiger partial charge in [0.2, 0.25) is 0 Å². The molecule has 1 heterocycles. The molecular weight excluding hydrogens is 264 g/mol. The van der Waals surface area contributed by atoms with E-state index in [9.17, 15) is 0 Å². The first-order valence-corrected chi connectivity index (χ1v) is 7.87. The zero-order chi connectivity index (χ0) is 15.8. The molecule has 5 heteroatoms. The van der Waals surface area contributed by atoms with Crippen LogP contribution < -0.4 is 10.1 Å². The van der Waals surface area contributed by atoms with E-state index in [1.54, 1.807) is 0 Å². The molecule has 0 unspecified atom stereocenters. The van der Waals surface area contributed by atoms with Gasteiger partial charge in [-0.15, -0.1) is 0 Å². The number of rotatable bonds is 9. The van der Waals surface area contributed by atoms with Gasteiger partial charge < -0.3 is 10.1 Å². The van der Waals surface area contributed by atoms with Crippen LogP contribution in [0.1, 0.15) is 45.9 Å². The van der Waals surface area contributed by atoms with Gasteiger partial charge in [0.25, 0.3) is 0 Å². The first-order valence-electron chi connectivity index (χ1n) is 7.87. The second kappa shape index (κ2) is 8.95. The van der Waals surface area contributed by atoms with Crippen LogP contribution in [0.15, 0.2) is 6.20 Å². The third-order valence-electron chi connectivity index (χ3n) is 3.53. The van der Waals surface area contributed by atoms with Gasteiger partial charge in [0.05, 0.1) is 0 Å². The molecule has 5 nitrogen and oxygen atoms in total. The van der Waals surface area contributed by atoms with Gasteiger partial charge in [-0.25, -0.2) is 9.97 Å². The normalized spacial score (nSPS) is 11.7. The van der Waals surface area contributed by atoms with Crippen LogP contribution in [0, 0.1) is 6.92 Å². The molecule has 0 radical (unpaired) electrons. The van der Waals surface area contributed by atoms with Crippen LogP contribution in [-0.4, -0.2) is 46.6 Å². The van der Waals surface area contributed by atoms with Crippen molar-refractivity contribution in [3.63, 3.8) is 0 Å². The topological polar surface area (TPSA) is 50.3 Å². The molecule has 120 valence electrons. The Kier molecular flexibility index (Phi) is 7.61. The average Bonchev–Trinajstić information content (AvgIpc) is 2.41. The zero-order valence-corrected chi connectivity index (χ0v) is 14.3. The number of nitrogens with zero attached hydrogens (tertiary/aromatic N) is 3. The lowest BCUT2D eigenvalue weighted by Crippen LogP contribution is -2.39. The second-order valence-corrected chi connectivity index (χ2v) is 5.82. The summed E-state index contributed by atoms with van der Waals surface area (Å²) in [6.45, 7) is 16.1. The van der Waals surface area contributed by atoms with Gasteiger partial charge in [0.1, 0.15) is 6.61 Å². The quantitative estimate of drug-likeness (QED) is 0.758. The third kappa shape index (κ3) is 5.98. The van der Waals surface area contributed by atoms with Gasteiger partial charge in [-0.2, -0.15) is 0 Å². The van der Waals surface area contributed by atoms with Gasteiger partial charge in [-0.1, -0.05) is 6.92 Å². The molecular formula is C16H30N4O. The summed E-state index contributed by atoms with van der Waals surface area (Å²) in [7, 11) is 0. The highest BCUT2D eigenvalue weighted by Gasteiger charge is 2.13. The highest BCUT2D eigenvalue weighted by molar-refractivity contribution is 5.17. The number of hydrogen-bond donors (Lipinski definition) is 1. The largest absolute Gasteiger partial charge is 0.462 e. The maximum absolute atomic E-state index is 5.69. The summed E-state index contributed by atoms with van der Waals surface area (Å²) < 4.78 is 5.69. The molecule has 0 aromatic carbocycles. The van der Waals surface area contributed by atoms with Crippen LogP contribution in [0.3, 0.4) is 0 Å². The monoisotopic (exact) mass is 294 g/mol. The SMILES string of the molecule is CCNCc1cnc(OCCN(C(C)C)C(C)C)nc1C. The third-order valence-corrected chi connectivity index (χ3v) is 3.53. The number of aromatic nitrogens is 2. The van der Waals surface area contributed by atoms with E-state index in [0.717, 1.165) is 30.9 Å². The van der Waals surface area contributed by atoms with Crippen LogP contribution in [0.25, 0.3) is 0 Å². The predicted octanol–water partition coefficient (Wildman–Crippen LogP) is 2.39. The molecule has 21 heavy (non-hydrogen) atoms. The fourth-order valence-corrected chi connectivity index (χ4v) is 2.33. The van der Waals surface area contributed by atoms with Crippen LogP contribution in [0.5, 0.6) is 6.01 Å². The molecule has 0 bridgehead atoms. The summed E-state index contributed by atoms with van der Waals surface area (Å²) in [5, 5.41) is 3.28. The summed E-state index contributed by atoms with van der Waals surface area (Å²) in [4.78, 5) is 11.1. The lowest BCUT2D eigenvalue weighted by molar-refractivity contribution is 0.138. The number of hydrogen-bond acceptors (Lipinski definition) is 5. The Hall–Kier alpha value is -1.20. The summed E-state index contributed by atoms with van der Waals surface area (Å²) >= 11 is 0. The highest BCUT2D eigenvalue weighted by atomic mass is 16.5. The van der Waals surface area contributed by atoms with Crippen molar-refractivity contribution in [3.8, 4) is 6.01 Å². The lowest BCUT2D eigenvalue weighted by atomic mass is 10.2. The maximum Gasteiger partial charge on any atom is 0.316 e. The lowest BCUT2D eigenvalue weighted by Gasteiger charge is -2.30. The molecule has 0 amide bonds. The average molecular weight is 294 g/mol. The Morgan fingerprint density at radius 3 is 2.43 bits per heavy atom. The smallest absolute Gasteiger partial charge is 0.316 e. The Bertz CT molecular complexity index is 413. The molecule has 1 N–H and O–H groups in total. The summed E-state index contributed by atoms with van der Waals surface area (Å²) in [6, 6.07) is 1.50. The van der Waals surface area contributed by atoms with Gasteiger partial charge in [-0.3, -0.25) is 4.90 Å². The minimum Gasteiger partial charge on any atom is -0.462 e. The Morgan fingerprint density at radius 2 is 1.90 bits per heavy atom. The molecule has 0 saturated heterocycles. The number of nitrogens with one attached hydrogen (secondary N) is 1. The molecule has 0 fully saturated rings. The standard InChI is InChI=1S/C16H30N4O/c1-7-17-10-15-11-18-16(19-14(15)6)21-9-8-20(12(2)3)13(4)5/h11-13,17H,7-10H2,1-6H3. The van der Waals surface area contributed by atoms with Crippen molar-refractivity contribution in [2.45, 2.75) is 60.2 Å². The van der Waals surface area contributed by atoms with E-state index in [0.29, 0.717) is 24.7 Å². The summed E-state index contributed by atoms with van der Waals surface area (Å²) in [6.07, 6.45) is 1.85. The number of aryl methyl sites for hydroxylation is 1. The van der Waals surface area contributed by atoms with Crippen LogP contribution in [-0.2, 0) is 6.54 Å². The molecule has 1 aromatic heterocycles. The zero-order valence-electron chi connectivity index (χ0n) is 14.3. The fraction of sp³-hybridized carbons (Fsp3) is 0.750. The van der Waals surface area contributed by atoms with Gasteiger partial charge in [-0.05, 0) is 41.2 Å². The molecule has 1 rings (SSSR count). The molecule has 0 saturated carbocycles. The molecule has 0 aliphatic heterocycles. The Balaban J connectivity index is 2.50. The first-order chi connectivity index (χ1) is 9.95. The van der Waals surface area contributed by atoms with Crippen LogP contribution >= 0.6 is 0 Å². The summed E-state index contributed by atoms with van der Waals surface area (Å²) in [5.41, 5.74) is 2.10. The van der Waals surface area contributed by atoms with Crippen molar-refractivity contribution in [3.05, 3.63) is 17.5 Å². The molecule has 0 atom stereocenters. The van der Waals surface area contributed by atoms with E-state index in [1.807, 2.05) is 13.1 Å². The van der Waals surface area contributed by atoms with E-state index in [2.05, 4.69) is 54.8 Å². The van der Waals surface area contributed by atoms with E-state index in [-0.39, 0.29) is 0 Å². The van der Waals surface area contributed by atoms with E-state index in [4.69, 9.17) is 4.74 Å². The minimum absolute atomic E-state index is 0.472. The van der Waals surface area contributed by atoms with Crippen LogP contribution in [0.2, 0.25) is 0 Å². The predicted molar refractivity (Wildman–Crippen MR) is 86.6 cm³/mol. The Morgan fingerprint density at radius 1 is 1.24 bits per heavy atom. The van der Waals surface area contributed by atoms with E-state index in [1.165, 1.54) is 0 Å². The molecule has 0 aliphatic carbocycles. The minimum atomic E-state index is 0.472.